The minimum atomic E-state index is -0.179. The van der Waals surface area contributed by atoms with Crippen LogP contribution in [0.4, 0.5) is 0 Å². The van der Waals surface area contributed by atoms with Crippen molar-refractivity contribution in [2.24, 2.45) is 5.92 Å². The third-order valence-corrected chi connectivity index (χ3v) is 1.39. The van der Waals surface area contributed by atoms with E-state index >= 15 is 0 Å². The van der Waals surface area contributed by atoms with Gasteiger partial charge >= 0.3 is 32.4 Å². The van der Waals surface area contributed by atoms with Crippen LogP contribution in [0, 0.1) is 5.92 Å². The SMILES string of the molecule is [CH-]=c1[nH]c(=O)ccc1=[C-]C(C)C.[W]=[W]. The van der Waals surface area contributed by atoms with Gasteiger partial charge in [0.15, 0.2) is 0 Å². The van der Waals surface area contributed by atoms with E-state index in [4.69, 9.17) is 6.58 Å². The van der Waals surface area contributed by atoms with Gasteiger partial charge in [0.05, 0.1) is 0 Å². The van der Waals surface area contributed by atoms with Crippen molar-refractivity contribution in [2.45, 2.75) is 13.8 Å². The van der Waals surface area contributed by atoms with E-state index in [0.29, 0.717) is 11.3 Å². The summed E-state index contributed by atoms with van der Waals surface area (Å²) in [5.74, 6) is 0.304. The molecule has 76 valence electrons. The summed E-state index contributed by atoms with van der Waals surface area (Å²) in [6.07, 6.45) is 3.11. The first-order chi connectivity index (χ1) is 6.59. The Balaban J connectivity index is 0.000000791. The number of nitrogens with one attached hydrogen (secondary N) is 1. The monoisotopic (exact) mass is 529 g/mol. The van der Waals surface area contributed by atoms with Gasteiger partial charge in [-0.25, -0.2) is 11.4 Å². The van der Waals surface area contributed by atoms with Crippen molar-refractivity contribution >= 4 is 12.7 Å². The third-order valence-electron chi connectivity index (χ3n) is 1.39. The zero-order valence-corrected chi connectivity index (χ0v) is 13.9. The predicted octanol–water partition coefficient (Wildman–Crippen LogP) is -0.0293. The van der Waals surface area contributed by atoms with Gasteiger partial charge in [-0.15, -0.1) is 0 Å². The molecule has 0 aliphatic heterocycles. The molecule has 1 aromatic rings. The average Bonchev–Trinajstić information content (AvgIpc) is 2.13. The van der Waals surface area contributed by atoms with E-state index in [0.717, 1.165) is 5.22 Å². The van der Waals surface area contributed by atoms with Gasteiger partial charge in [0.2, 0.25) is 5.56 Å². The van der Waals surface area contributed by atoms with Gasteiger partial charge in [0, 0.05) is 0 Å². The van der Waals surface area contributed by atoms with E-state index in [1.54, 1.807) is 38.5 Å². The fraction of sp³-hybridized carbons (Fsp3) is 0.300. The van der Waals surface area contributed by atoms with Crippen LogP contribution in [-0.4, -0.2) is 4.98 Å². The molecule has 0 saturated carbocycles. The maximum atomic E-state index is 10.8. The molecule has 14 heavy (non-hydrogen) atoms. The summed E-state index contributed by atoms with van der Waals surface area (Å²) in [6, 6.07) is 3.12. The second-order valence-electron chi connectivity index (χ2n) is 2.95. The summed E-state index contributed by atoms with van der Waals surface area (Å²) in [5, 5.41) is 1.15. The first-order valence-corrected chi connectivity index (χ1v) is 15.0. The van der Waals surface area contributed by atoms with Crippen molar-refractivity contribution in [1.82, 2.24) is 4.98 Å². The standard InChI is InChI=1S/C10H11NO.2W/c1-7(2)6-9-4-5-10(12)11-8(9)3;;/h3-5,7H,1-2H3,(H,11,12);;/q-2;;. The number of pyridine rings is 1. The van der Waals surface area contributed by atoms with E-state index in [-0.39, 0.29) is 5.56 Å². The van der Waals surface area contributed by atoms with Gasteiger partial charge in [-0.2, -0.15) is 0 Å². The average molecular weight is 529 g/mol. The van der Waals surface area contributed by atoms with E-state index in [9.17, 15) is 4.79 Å². The summed E-state index contributed by atoms with van der Waals surface area (Å²) in [6.45, 7) is 9.56. The van der Waals surface area contributed by atoms with Gasteiger partial charge < -0.3 is 16.8 Å². The topological polar surface area (TPSA) is 32.9 Å². The quantitative estimate of drug-likeness (QED) is 0.511. The molecule has 0 fully saturated rings. The number of H-pyrrole nitrogens is 1. The van der Waals surface area contributed by atoms with Crippen LogP contribution in [0.15, 0.2) is 16.9 Å². The molecule has 0 aromatic carbocycles. The van der Waals surface area contributed by atoms with Crippen LogP contribution in [0.2, 0.25) is 0 Å². The summed E-state index contributed by atoms with van der Waals surface area (Å²) >= 11 is 3.33. The molecule has 1 N–H and O–H groups in total. The van der Waals surface area contributed by atoms with Crippen molar-refractivity contribution in [3.05, 3.63) is 33.1 Å². The summed E-state index contributed by atoms with van der Waals surface area (Å²) in [7, 11) is 0. The summed E-state index contributed by atoms with van der Waals surface area (Å²) in [5.41, 5.74) is -0.179. The van der Waals surface area contributed by atoms with Crippen LogP contribution in [0.1, 0.15) is 13.8 Å². The Morgan fingerprint density at radius 1 is 1.43 bits per heavy atom. The van der Waals surface area contributed by atoms with E-state index in [2.05, 4.69) is 11.1 Å². The molecule has 0 radical (unpaired) electrons. The van der Waals surface area contributed by atoms with Crippen molar-refractivity contribution in [2.75, 3.05) is 0 Å². The maximum absolute atomic E-state index is 10.8. The number of rotatable bonds is 1. The molecule has 0 spiro atoms. The van der Waals surface area contributed by atoms with Gasteiger partial charge in [0.25, 0.3) is 0 Å². The van der Waals surface area contributed by atoms with E-state index in [1.807, 2.05) is 13.8 Å². The number of hydrogen-bond donors (Lipinski definition) is 1. The number of aromatic amines is 1. The third kappa shape index (κ3) is 5.07. The first kappa shape index (κ1) is 14.1. The van der Waals surface area contributed by atoms with Crippen LogP contribution < -0.4 is 16.1 Å². The Labute approximate surface area is 102 Å². The first-order valence-electron chi connectivity index (χ1n) is 4.01. The van der Waals surface area contributed by atoms with Crippen LogP contribution in [0.3, 0.4) is 0 Å². The summed E-state index contributed by atoms with van der Waals surface area (Å²) in [4.78, 5) is 13.3. The van der Waals surface area contributed by atoms with Gasteiger partial charge in [-0.3, -0.25) is 10.9 Å². The predicted molar refractivity (Wildman–Crippen MR) is 49.0 cm³/mol. The van der Waals surface area contributed by atoms with Crippen molar-refractivity contribution in [3.8, 4) is 0 Å². The molecule has 1 rings (SSSR count). The van der Waals surface area contributed by atoms with Gasteiger partial charge in [0.1, 0.15) is 0 Å². The molecule has 4 heteroatoms. The molecule has 0 bridgehead atoms. The molecular weight excluding hydrogens is 518 g/mol. The van der Waals surface area contributed by atoms with Crippen molar-refractivity contribution < 1.29 is 32.4 Å². The van der Waals surface area contributed by atoms with Crippen LogP contribution >= 0.6 is 0 Å². The fourth-order valence-electron chi connectivity index (χ4n) is 0.927. The molecule has 1 heterocycles. The second-order valence-corrected chi connectivity index (χ2v) is 2.95. The zero-order chi connectivity index (χ0) is 11.1. The molecule has 0 aliphatic carbocycles. The molecule has 1 aromatic heterocycles. The minimum absolute atomic E-state index is 0.179. The van der Waals surface area contributed by atoms with Crippen LogP contribution in [0.5, 0.6) is 0 Å². The van der Waals surface area contributed by atoms with Crippen molar-refractivity contribution in [1.29, 1.82) is 0 Å². The van der Waals surface area contributed by atoms with Crippen molar-refractivity contribution in [3.63, 3.8) is 0 Å². The van der Waals surface area contributed by atoms with Crippen LogP contribution in [-0.2, 0) is 32.4 Å². The Hall–Kier alpha value is 0.0666. The molecule has 0 amide bonds. The second kappa shape index (κ2) is 7.37. The Morgan fingerprint density at radius 3 is 2.43 bits per heavy atom. The molecule has 0 aliphatic rings. The van der Waals surface area contributed by atoms with Gasteiger partial charge in [-0.05, 0) is 0 Å². The zero-order valence-electron chi connectivity index (χ0n) is 8.03. The van der Waals surface area contributed by atoms with Crippen LogP contribution in [0.25, 0.3) is 12.7 Å². The van der Waals surface area contributed by atoms with E-state index < -0.39 is 0 Å². The van der Waals surface area contributed by atoms with E-state index in [1.165, 1.54) is 6.07 Å². The normalized spacial score (nSPS) is 10.9. The Morgan fingerprint density at radius 2 is 2.00 bits per heavy atom. The molecule has 0 atom stereocenters. The molecule has 0 unspecified atom stereocenters. The number of hydrogen-bond acceptors (Lipinski definition) is 1. The van der Waals surface area contributed by atoms with Gasteiger partial charge in [-0.1, -0.05) is 25.8 Å². The molecule has 2 nitrogen and oxygen atoms in total. The molecular formula is C10H11NOW2-2. The Bertz CT molecular complexity index is 436. The Kier molecular flexibility index (Phi) is 7.41. The fourth-order valence-corrected chi connectivity index (χ4v) is 0.927. The summed E-state index contributed by atoms with van der Waals surface area (Å²) < 4.78 is 0. The molecule has 0 saturated heterocycles. The number of aromatic nitrogens is 1.